The molecule has 11 heteroatoms. The molecule has 1 aromatic carbocycles. The Hall–Kier alpha value is -1.53. The van der Waals surface area contributed by atoms with Gasteiger partial charge in [-0.25, -0.2) is 25.9 Å². The summed E-state index contributed by atoms with van der Waals surface area (Å²) in [6, 6.07) is 5.44. The number of nitrogens with one attached hydrogen (secondary N) is 2. The number of hydrogen-bond donors (Lipinski definition) is 2. The minimum absolute atomic E-state index is 0.0781. The van der Waals surface area contributed by atoms with Gasteiger partial charge in [0.2, 0.25) is 26.0 Å². The van der Waals surface area contributed by atoms with E-state index in [1.807, 2.05) is 0 Å². The number of carbonyl (C=O) groups excluding carboxylic acids is 1. The molecule has 1 fully saturated rings. The molecular weight excluding hydrogens is 406 g/mol. The van der Waals surface area contributed by atoms with Crippen molar-refractivity contribution in [3.63, 3.8) is 0 Å². The predicted molar refractivity (Wildman–Crippen MR) is 106 cm³/mol. The number of piperidine rings is 1. The zero-order valence-electron chi connectivity index (χ0n) is 16.2. The van der Waals surface area contributed by atoms with E-state index >= 15 is 0 Å². The van der Waals surface area contributed by atoms with Crippen LogP contribution in [0.2, 0.25) is 0 Å². The monoisotopic (exact) mass is 433 g/mol. The Morgan fingerprint density at radius 2 is 1.89 bits per heavy atom. The second-order valence-electron chi connectivity index (χ2n) is 6.95. The van der Waals surface area contributed by atoms with Crippen LogP contribution in [0.15, 0.2) is 29.2 Å². The van der Waals surface area contributed by atoms with Crippen molar-refractivity contribution in [2.24, 2.45) is 5.92 Å². The maximum Gasteiger partial charge on any atom is 0.240 e. The van der Waals surface area contributed by atoms with Gasteiger partial charge in [-0.1, -0.05) is 0 Å². The summed E-state index contributed by atoms with van der Waals surface area (Å²) in [5.74, 6) is -0.723. The lowest BCUT2D eigenvalue weighted by Crippen LogP contribution is -2.43. The third kappa shape index (κ3) is 6.24. The summed E-state index contributed by atoms with van der Waals surface area (Å²) in [7, 11) is -5.53. The Bertz CT molecular complexity index is 884. The lowest BCUT2D eigenvalue weighted by atomic mass is 9.99. The lowest BCUT2D eigenvalue weighted by molar-refractivity contribution is -0.120. The number of amides is 1. The molecule has 1 aliphatic rings. The van der Waals surface area contributed by atoms with E-state index in [0.29, 0.717) is 25.1 Å². The van der Waals surface area contributed by atoms with Gasteiger partial charge in [-0.15, -0.1) is 0 Å². The van der Waals surface area contributed by atoms with Gasteiger partial charge >= 0.3 is 0 Å². The van der Waals surface area contributed by atoms with Gasteiger partial charge in [-0.3, -0.25) is 4.79 Å². The van der Waals surface area contributed by atoms with Crippen molar-refractivity contribution in [2.75, 3.05) is 38.4 Å². The summed E-state index contributed by atoms with van der Waals surface area (Å²) in [5, 5.41) is 2.73. The van der Waals surface area contributed by atoms with E-state index < -0.39 is 26.0 Å². The van der Waals surface area contributed by atoms with Gasteiger partial charge in [-0.05, 0) is 44.0 Å². The van der Waals surface area contributed by atoms with E-state index in [1.54, 1.807) is 6.92 Å². The quantitative estimate of drug-likeness (QED) is 0.619. The van der Waals surface area contributed by atoms with Gasteiger partial charge in [0, 0.05) is 31.9 Å². The summed E-state index contributed by atoms with van der Waals surface area (Å²) < 4.78 is 56.7. The topological polar surface area (TPSA) is 122 Å². The second-order valence-corrected chi connectivity index (χ2v) is 10.6. The van der Waals surface area contributed by atoms with Gasteiger partial charge in [0.25, 0.3) is 0 Å². The van der Waals surface area contributed by atoms with Gasteiger partial charge in [0.05, 0.1) is 23.7 Å². The molecule has 0 saturated carbocycles. The number of benzene rings is 1. The number of hydrogen-bond acceptors (Lipinski definition) is 6. The maximum atomic E-state index is 12.5. The first-order chi connectivity index (χ1) is 13.0. The normalized spacial score (nSPS) is 19.9. The van der Waals surface area contributed by atoms with Crippen LogP contribution in [0.5, 0.6) is 0 Å². The molecule has 0 aromatic heterocycles. The first-order valence-electron chi connectivity index (χ1n) is 8.90. The highest BCUT2D eigenvalue weighted by atomic mass is 32.2. The number of nitrogens with zero attached hydrogens (tertiary/aromatic N) is 1. The van der Waals surface area contributed by atoms with Crippen LogP contribution < -0.4 is 10.0 Å². The van der Waals surface area contributed by atoms with Crippen LogP contribution >= 0.6 is 0 Å². The largest absolute Gasteiger partial charge is 0.383 e. The van der Waals surface area contributed by atoms with Crippen LogP contribution in [0.3, 0.4) is 0 Å². The molecule has 1 aliphatic heterocycles. The summed E-state index contributed by atoms with van der Waals surface area (Å²) in [5.41, 5.74) is 0.449. The average Bonchev–Trinajstić information content (AvgIpc) is 2.61. The Balaban J connectivity index is 2.01. The van der Waals surface area contributed by atoms with Crippen LogP contribution in [0.4, 0.5) is 5.69 Å². The van der Waals surface area contributed by atoms with Gasteiger partial charge in [0.1, 0.15) is 0 Å². The second kappa shape index (κ2) is 9.31. The summed E-state index contributed by atoms with van der Waals surface area (Å²) in [6.45, 7) is 2.51. The molecule has 2 atom stereocenters. The van der Waals surface area contributed by atoms with Gasteiger partial charge < -0.3 is 10.1 Å². The Morgan fingerprint density at radius 3 is 2.46 bits per heavy atom. The van der Waals surface area contributed by atoms with Crippen molar-refractivity contribution >= 4 is 31.6 Å². The van der Waals surface area contributed by atoms with Crippen molar-refractivity contribution in [3.05, 3.63) is 24.3 Å². The number of rotatable bonds is 8. The fraction of sp³-hybridized carbons (Fsp3) is 0.588. The Morgan fingerprint density at radius 1 is 1.25 bits per heavy atom. The highest BCUT2D eigenvalue weighted by Crippen LogP contribution is 2.21. The molecule has 9 nitrogen and oxygen atoms in total. The molecule has 1 amide bonds. The van der Waals surface area contributed by atoms with E-state index in [-0.39, 0.29) is 30.0 Å². The molecule has 0 spiro atoms. The smallest absolute Gasteiger partial charge is 0.240 e. The highest BCUT2D eigenvalue weighted by molar-refractivity contribution is 7.89. The molecule has 0 aliphatic carbocycles. The summed E-state index contributed by atoms with van der Waals surface area (Å²) >= 11 is 0. The minimum atomic E-state index is -3.69. The third-order valence-electron chi connectivity index (χ3n) is 4.43. The first-order valence-corrected chi connectivity index (χ1v) is 12.2. The van der Waals surface area contributed by atoms with E-state index in [4.69, 9.17) is 4.74 Å². The molecule has 1 heterocycles. The summed E-state index contributed by atoms with van der Waals surface area (Å²) in [6.07, 6.45) is 2.35. The number of carbonyl (C=O) groups is 1. The molecule has 1 aromatic rings. The number of methoxy groups -OCH3 is 1. The standard InChI is InChI=1S/C17H27N3O6S2/c1-13(12-26-2)19-28(24,25)16-8-6-15(7-9-16)18-17(21)14-5-4-10-20(11-14)27(3,22)23/h6-9,13-14,19H,4-5,10-12H2,1-3H3,(H,18,21). The molecule has 1 saturated heterocycles. The minimum Gasteiger partial charge on any atom is -0.383 e. The lowest BCUT2D eigenvalue weighted by Gasteiger charge is -2.30. The van der Waals surface area contributed by atoms with Crippen molar-refractivity contribution in [2.45, 2.75) is 30.7 Å². The van der Waals surface area contributed by atoms with Crippen molar-refractivity contribution in [1.82, 2.24) is 9.03 Å². The van der Waals surface area contributed by atoms with Crippen molar-refractivity contribution in [1.29, 1.82) is 0 Å². The van der Waals surface area contributed by atoms with Crippen molar-refractivity contribution in [3.8, 4) is 0 Å². The molecule has 28 heavy (non-hydrogen) atoms. The third-order valence-corrected chi connectivity index (χ3v) is 7.30. The summed E-state index contributed by atoms with van der Waals surface area (Å²) in [4.78, 5) is 12.5. The van der Waals surface area contributed by atoms with Crippen LogP contribution in [-0.2, 0) is 29.6 Å². The first kappa shape index (κ1) is 22.8. The van der Waals surface area contributed by atoms with Crippen molar-refractivity contribution < 1.29 is 26.4 Å². The molecule has 2 N–H and O–H groups in total. The van der Waals surface area contributed by atoms with Gasteiger partial charge in [-0.2, -0.15) is 0 Å². The highest BCUT2D eigenvalue weighted by Gasteiger charge is 2.30. The van der Waals surface area contributed by atoms with E-state index in [0.717, 1.165) is 6.26 Å². The average molecular weight is 434 g/mol. The fourth-order valence-corrected chi connectivity index (χ4v) is 5.18. The predicted octanol–water partition coefficient (Wildman–Crippen LogP) is 0.610. The van der Waals surface area contributed by atoms with Crippen LogP contribution in [0, 0.1) is 5.92 Å². The molecule has 2 rings (SSSR count). The number of anilines is 1. The zero-order valence-corrected chi connectivity index (χ0v) is 17.8. The van der Waals surface area contributed by atoms with E-state index in [1.165, 1.54) is 35.7 Å². The Labute approximate surface area is 166 Å². The van der Waals surface area contributed by atoms with Crippen LogP contribution in [0.1, 0.15) is 19.8 Å². The van der Waals surface area contributed by atoms with Crippen LogP contribution in [0.25, 0.3) is 0 Å². The number of ether oxygens (including phenoxy) is 1. The van der Waals surface area contributed by atoms with E-state index in [9.17, 15) is 21.6 Å². The molecule has 2 unspecified atom stereocenters. The molecule has 0 bridgehead atoms. The number of sulfonamides is 2. The van der Waals surface area contributed by atoms with E-state index in [2.05, 4.69) is 10.0 Å². The van der Waals surface area contributed by atoms with Gasteiger partial charge in [0.15, 0.2) is 0 Å². The molecule has 0 radical (unpaired) electrons. The molecular formula is C17H27N3O6S2. The fourth-order valence-electron chi connectivity index (χ4n) is 3.04. The molecule has 158 valence electrons. The maximum absolute atomic E-state index is 12.5. The Kier molecular flexibility index (Phi) is 7.57. The zero-order chi connectivity index (χ0) is 20.9. The SMILES string of the molecule is COCC(C)NS(=O)(=O)c1ccc(NC(=O)C2CCCN(S(C)(=O)=O)C2)cc1. The van der Waals surface area contributed by atoms with Crippen LogP contribution in [-0.4, -0.2) is 66.2 Å².